The third-order valence-corrected chi connectivity index (χ3v) is 4.09. The van der Waals surface area contributed by atoms with Crippen molar-refractivity contribution in [1.82, 2.24) is 0 Å². The van der Waals surface area contributed by atoms with Gasteiger partial charge in [-0.1, -0.05) is 42.5 Å². The molecule has 1 fully saturated rings. The van der Waals surface area contributed by atoms with Gasteiger partial charge in [-0.05, 0) is 36.5 Å². The van der Waals surface area contributed by atoms with Crippen LogP contribution in [0.4, 0.5) is 4.39 Å². The van der Waals surface area contributed by atoms with E-state index in [1.807, 2.05) is 30.3 Å². The van der Waals surface area contributed by atoms with Crippen molar-refractivity contribution in [3.8, 4) is 11.1 Å². The summed E-state index contributed by atoms with van der Waals surface area (Å²) >= 11 is 0. The van der Waals surface area contributed by atoms with Crippen molar-refractivity contribution in [2.75, 3.05) is 0 Å². The highest BCUT2D eigenvalue weighted by Gasteiger charge is 2.48. The zero-order valence-electron chi connectivity index (χ0n) is 11.1. The van der Waals surface area contributed by atoms with Crippen LogP contribution >= 0.6 is 0 Å². The fourth-order valence-corrected chi connectivity index (χ4v) is 2.64. The molecule has 20 heavy (non-hydrogen) atoms. The van der Waals surface area contributed by atoms with Crippen LogP contribution in [-0.4, -0.2) is 5.91 Å². The summed E-state index contributed by atoms with van der Waals surface area (Å²) in [4.78, 5) is 11.6. The SMILES string of the molecule is NC(=O)C1(Cc2ccccc2-c2ccccc2F)CC1. The zero-order valence-corrected chi connectivity index (χ0v) is 11.1. The molecule has 1 saturated carbocycles. The highest BCUT2D eigenvalue weighted by Crippen LogP contribution is 2.49. The number of carbonyl (C=O) groups is 1. The van der Waals surface area contributed by atoms with Crippen LogP contribution in [0.3, 0.4) is 0 Å². The molecule has 0 radical (unpaired) electrons. The molecule has 0 aliphatic heterocycles. The number of halogens is 1. The Hall–Kier alpha value is -2.16. The minimum Gasteiger partial charge on any atom is -0.369 e. The summed E-state index contributed by atoms with van der Waals surface area (Å²) in [5.74, 6) is -0.496. The normalized spacial score (nSPS) is 15.8. The van der Waals surface area contributed by atoms with E-state index in [4.69, 9.17) is 5.73 Å². The molecular formula is C17H16FNO. The molecule has 0 heterocycles. The summed E-state index contributed by atoms with van der Waals surface area (Å²) in [6.45, 7) is 0. The van der Waals surface area contributed by atoms with Crippen molar-refractivity contribution in [2.45, 2.75) is 19.3 Å². The Morgan fingerprint density at radius 3 is 2.25 bits per heavy atom. The second kappa shape index (κ2) is 4.75. The number of amides is 1. The maximum absolute atomic E-state index is 14.0. The van der Waals surface area contributed by atoms with E-state index in [0.29, 0.717) is 12.0 Å². The molecule has 0 atom stereocenters. The lowest BCUT2D eigenvalue weighted by atomic mass is 9.90. The molecule has 0 saturated heterocycles. The van der Waals surface area contributed by atoms with Crippen molar-refractivity contribution in [1.29, 1.82) is 0 Å². The highest BCUT2D eigenvalue weighted by molar-refractivity contribution is 5.84. The molecule has 1 aliphatic carbocycles. The Bertz CT molecular complexity index is 662. The average molecular weight is 269 g/mol. The van der Waals surface area contributed by atoms with Gasteiger partial charge in [0.15, 0.2) is 0 Å². The summed E-state index contributed by atoms with van der Waals surface area (Å²) in [7, 11) is 0. The molecule has 0 unspecified atom stereocenters. The van der Waals surface area contributed by atoms with Gasteiger partial charge in [0.25, 0.3) is 0 Å². The van der Waals surface area contributed by atoms with Crippen LogP contribution in [0, 0.1) is 11.2 Å². The minimum atomic E-state index is -0.415. The summed E-state index contributed by atoms with van der Waals surface area (Å²) in [6, 6.07) is 14.3. The first-order valence-electron chi connectivity index (χ1n) is 6.75. The van der Waals surface area contributed by atoms with E-state index >= 15 is 0 Å². The number of rotatable bonds is 4. The molecule has 0 spiro atoms. The summed E-state index contributed by atoms with van der Waals surface area (Å²) in [5.41, 5.74) is 7.47. The third kappa shape index (κ3) is 2.20. The average Bonchev–Trinajstić information content (AvgIpc) is 3.21. The van der Waals surface area contributed by atoms with Gasteiger partial charge in [-0.3, -0.25) is 4.79 Å². The Balaban J connectivity index is 2.02. The molecule has 2 aromatic carbocycles. The van der Waals surface area contributed by atoms with Crippen molar-refractivity contribution in [3.63, 3.8) is 0 Å². The number of benzene rings is 2. The first kappa shape index (κ1) is 12.9. The van der Waals surface area contributed by atoms with E-state index in [-0.39, 0.29) is 11.7 Å². The molecule has 2 aromatic rings. The molecular weight excluding hydrogens is 253 g/mol. The van der Waals surface area contributed by atoms with Crippen LogP contribution in [0.5, 0.6) is 0 Å². The molecule has 102 valence electrons. The van der Waals surface area contributed by atoms with E-state index in [1.165, 1.54) is 6.07 Å². The summed E-state index contributed by atoms with van der Waals surface area (Å²) in [5, 5.41) is 0. The Morgan fingerprint density at radius 1 is 1.05 bits per heavy atom. The second-order valence-corrected chi connectivity index (χ2v) is 5.46. The number of hydrogen-bond donors (Lipinski definition) is 1. The first-order chi connectivity index (χ1) is 9.62. The summed E-state index contributed by atoms with van der Waals surface area (Å²) in [6.07, 6.45) is 2.24. The van der Waals surface area contributed by atoms with Gasteiger partial charge >= 0.3 is 0 Å². The molecule has 2 nitrogen and oxygen atoms in total. The number of carbonyl (C=O) groups excluding carboxylic acids is 1. The van der Waals surface area contributed by atoms with E-state index < -0.39 is 5.41 Å². The minimum absolute atomic E-state index is 0.246. The van der Waals surface area contributed by atoms with Gasteiger partial charge in [0.2, 0.25) is 5.91 Å². The van der Waals surface area contributed by atoms with E-state index in [9.17, 15) is 9.18 Å². The molecule has 2 N–H and O–H groups in total. The van der Waals surface area contributed by atoms with Crippen LogP contribution in [0.1, 0.15) is 18.4 Å². The maximum atomic E-state index is 14.0. The Kier molecular flexibility index (Phi) is 3.05. The maximum Gasteiger partial charge on any atom is 0.223 e. The van der Waals surface area contributed by atoms with Crippen LogP contribution in [0.15, 0.2) is 48.5 Å². The molecule has 0 aromatic heterocycles. The van der Waals surface area contributed by atoms with Crippen molar-refractivity contribution < 1.29 is 9.18 Å². The van der Waals surface area contributed by atoms with Crippen molar-refractivity contribution in [2.24, 2.45) is 11.1 Å². The second-order valence-electron chi connectivity index (χ2n) is 5.46. The highest BCUT2D eigenvalue weighted by atomic mass is 19.1. The van der Waals surface area contributed by atoms with E-state index in [2.05, 4.69) is 0 Å². The Labute approximate surface area is 117 Å². The largest absolute Gasteiger partial charge is 0.369 e. The summed E-state index contributed by atoms with van der Waals surface area (Å²) < 4.78 is 14.0. The lowest BCUT2D eigenvalue weighted by Crippen LogP contribution is -2.26. The zero-order chi connectivity index (χ0) is 14.2. The smallest absolute Gasteiger partial charge is 0.223 e. The number of primary amides is 1. The fraction of sp³-hybridized carbons (Fsp3) is 0.235. The van der Waals surface area contributed by atoms with E-state index in [1.54, 1.807) is 12.1 Å². The standard InChI is InChI=1S/C17H16FNO/c18-15-8-4-3-7-14(15)13-6-2-1-5-12(13)11-17(9-10-17)16(19)20/h1-8H,9-11H2,(H2,19,20). The number of nitrogens with two attached hydrogens (primary N) is 1. The third-order valence-electron chi connectivity index (χ3n) is 4.09. The lowest BCUT2D eigenvalue weighted by molar-refractivity contribution is -0.123. The fourth-order valence-electron chi connectivity index (χ4n) is 2.64. The van der Waals surface area contributed by atoms with Crippen LogP contribution < -0.4 is 5.73 Å². The topological polar surface area (TPSA) is 43.1 Å². The predicted octanol–water partition coefficient (Wildman–Crippen LogP) is 3.30. The van der Waals surface area contributed by atoms with Gasteiger partial charge in [-0.25, -0.2) is 4.39 Å². The molecule has 3 rings (SSSR count). The Morgan fingerprint density at radius 2 is 1.65 bits per heavy atom. The molecule has 1 aliphatic rings. The van der Waals surface area contributed by atoms with Crippen LogP contribution in [0.2, 0.25) is 0 Å². The van der Waals surface area contributed by atoms with Gasteiger partial charge in [-0.2, -0.15) is 0 Å². The van der Waals surface area contributed by atoms with Crippen LogP contribution in [0.25, 0.3) is 11.1 Å². The van der Waals surface area contributed by atoms with Crippen LogP contribution in [-0.2, 0) is 11.2 Å². The lowest BCUT2D eigenvalue weighted by Gasteiger charge is -2.15. The van der Waals surface area contributed by atoms with E-state index in [0.717, 1.165) is 24.0 Å². The first-order valence-corrected chi connectivity index (χ1v) is 6.75. The predicted molar refractivity (Wildman–Crippen MR) is 76.4 cm³/mol. The van der Waals surface area contributed by atoms with Gasteiger partial charge < -0.3 is 5.73 Å². The van der Waals surface area contributed by atoms with Gasteiger partial charge in [-0.15, -0.1) is 0 Å². The van der Waals surface area contributed by atoms with Crippen molar-refractivity contribution >= 4 is 5.91 Å². The van der Waals surface area contributed by atoms with Gasteiger partial charge in [0.1, 0.15) is 5.82 Å². The number of hydrogen-bond acceptors (Lipinski definition) is 1. The molecule has 1 amide bonds. The molecule has 0 bridgehead atoms. The van der Waals surface area contributed by atoms with Gasteiger partial charge in [0.05, 0.1) is 5.41 Å². The van der Waals surface area contributed by atoms with Crippen molar-refractivity contribution in [3.05, 3.63) is 59.9 Å². The quantitative estimate of drug-likeness (QED) is 0.909. The van der Waals surface area contributed by atoms with Gasteiger partial charge in [0, 0.05) is 5.56 Å². The monoisotopic (exact) mass is 269 g/mol. The molecule has 3 heteroatoms.